The van der Waals surface area contributed by atoms with Crippen LogP contribution in [0.25, 0.3) is 0 Å². The molecule has 1 heterocycles. The van der Waals surface area contributed by atoms with Crippen molar-refractivity contribution in [3.05, 3.63) is 23.0 Å². The van der Waals surface area contributed by atoms with Crippen LogP contribution < -0.4 is 11.5 Å². The molecule has 1 aromatic rings. The van der Waals surface area contributed by atoms with Crippen LogP contribution in [0.15, 0.2) is 12.3 Å². The predicted molar refractivity (Wildman–Crippen MR) is 59.8 cm³/mol. The molecule has 1 aromatic heterocycles. The van der Waals surface area contributed by atoms with E-state index in [0.29, 0.717) is 5.69 Å². The van der Waals surface area contributed by atoms with Gasteiger partial charge in [-0.25, -0.2) is 4.98 Å². The summed E-state index contributed by atoms with van der Waals surface area (Å²) in [6.45, 7) is -0.191. The van der Waals surface area contributed by atoms with Crippen molar-refractivity contribution in [2.45, 2.75) is 0 Å². The molecule has 7 heteroatoms. The fourth-order valence-corrected chi connectivity index (χ4v) is 1.31. The van der Waals surface area contributed by atoms with Crippen LogP contribution in [0.1, 0.15) is 10.4 Å². The van der Waals surface area contributed by atoms with Crippen LogP contribution in [0.4, 0.5) is 5.69 Å². The number of nitrogens with zero attached hydrogens (tertiary/aromatic N) is 2. The third-order valence-corrected chi connectivity index (χ3v) is 2.13. The number of hydrogen-bond acceptors (Lipinski definition) is 4. The topological polar surface area (TPSA) is 102 Å². The minimum atomic E-state index is -0.608. The number of likely N-dealkylation sites (N-methyl/N-ethyl adjacent to an activating group) is 1. The number of nitrogens with two attached hydrogens (primary N) is 2. The van der Waals surface area contributed by atoms with E-state index < -0.39 is 11.8 Å². The van der Waals surface area contributed by atoms with Gasteiger partial charge in [-0.15, -0.1) is 0 Å². The van der Waals surface area contributed by atoms with Gasteiger partial charge in [0.2, 0.25) is 5.91 Å². The molecule has 0 aliphatic rings. The molecule has 0 aliphatic carbocycles. The highest BCUT2D eigenvalue weighted by Gasteiger charge is 2.17. The standard InChI is InChI=1S/C9H11ClN4O2/c1-14(4-7(12)15)9(16)6-2-5(11)3-13-8(6)10/h2-3H,4,11H2,1H3,(H2,12,15). The van der Waals surface area contributed by atoms with Crippen LogP contribution in [0.3, 0.4) is 0 Å². The Bertz CT molecular complexity index is 436. The SMILES string of the molecule is CN(CC(N)=O)C(=O)c1cc(N)cnc1Cl. The molecule has 16 heavy (non-hydrogen) atoms. The van der Waals surface area contributed by atoms with E-state index in [2.05, 4.69) is 4.98 Å². The largest absolute Gasteiger partial charge is 0.397 e. The molecule has 0 atom stereocenters. The third-order valence-electron chi connectivity index (χ3n) is 1.83. The van der Waals surface area contributed by atoms with Crippen molar-refractivity contribution >= 4 is 29.1 Å². The van der Waals surface area contributed by atoms with E-state index in [0.717, 1.165) is 4.90 Å². The lowest BCUT2D eigenvalue weighted by atomic mass is 10.2. The molecule has 1 rings (SSSR count). The number of amides is 2. The second-order valence-corrected chi connectivity index (χ2v) is 3.59. The summed E-state index contributed by atoms with van der Waals surface area (Å²) in [6, 6.07) is 1.40. The molecule has 6 nitrogen and oxygen atoms in total. The van der Waals surface area contributed by atoms with Gasteiger partial charge in [0.25, 0.3) is 5.91 Å². The van der Waals surface area contributed by atoms with Crippen molar-refractivity contribution in [2.24, 2.45) is 5.73 Å². The molecule has 0 spiro atoms. The summed E-state index contributed by atoms with van der Waals surface area (Å²) in [6.07, 6.45) is 1.34. The lowest BCUT2D eigenvalue weighted by Crippen LogP contribution is -2.35. The van der Waals surface area contributed by atoms with Crippen molar-refractivity contribution < 1.29 is 9.59 Å². The summed E-state index contributed by atoms with van der Waals surface area (Å²) in [5, 5.41) is 0.0375. The molecule has 0 saturated carbocycles. The number of aromatic nitrogens is 1. The summed E-state index contributed by atoms with van der Waals surface area (Å²) in [5.74, 6) is -1.06. The van der Waals surface area contributed by atoms with Gasteiger partial charge in [0.15, 0.2) is 0 Å². The van der Waals surface area contributed by atoms with E-state index >= 15 is 0 Å². The second-order valence-electron chi connectivity index (χ2n) is 3.23. The number of halogens is 1. The van der Waals surface area contributed by atoms with Gasteiger partial charge in [0, 0.05) is 7.05 Å². The summed E-state index contributed by atoms with van der Waals surface area (Å²) < 4.78 is 0. The first-order chi connectivity index (χ1) is 7.41. The maximum absolute atomic E-state index is 11.8. The van der Waals surface area contributed by atoms with E-state index in [1.807, 2.05) is 0 Å². The van der Waals surface area contributed by atoms with Crippen molar-refractivity contribution in [3.8, 4) is 0 Å². The van der Waals surface area contributed by atoms with E-state index in [4.69, 9.17) is 23.1 Å². The van der Waals surface area contributed by atoms with Crippen molar-refractivity contribution in [2.75, 3.05) is 19.3 Å². The number of carbonyl (C=O) groups is 2. The normalized spacial score (nSPS) is 9.88. The van der Waals surface area contributed by atoms with Gasteiger partial charge in [0.1, 0.15) is 5.15 Å². The highest BCUT2D eigenvalue weighted by atomic mass is 35.5. The highest BCUT2D eigenvalue weighted by Crippen LogP contribution is 2.16. The number of nitrogen functional groups attached to an aromatic ring is 1. The van der Waals surface area contributed by atoms with Crippen LogP contribution in [-0.4, -0.2) is 35.3 Å². The Kier molecular flexibility index (Phi) is 3.68. The van der Waals surface area contributed by atoms with Crippen LogP contribution >= 0.6 is 11.6 Å². The second kappa shape index (κ2) is 4.80. The Labute approximate surface area is 97.2 Å². The van der Waals surface area contributed by atoms with Crippen LogP contribution in [-0.2, 0) is 4.79 Å². The van der Waals surface area contributed by atoms with Crippen LogP contribution in [0.5, 0.6) is 0 Å². The Morgan fingerprint density at radius 1 is 1.56 bits per heavy atom. The number of pyridine rings is 1. The monoisotopic (exact) mass is 242 g/mol. The van der Waals surface area contributed by atoms with Gasteiger partial charge < -0.3 is 16.4 Å². The first kappa shape index (κ1) is 12.3. The lowest BCUT2D eigenvalue weighted by molar-refractivity contribution is -0.118. The Morgan fingerprint density at radius 2 is 2.19 bits per heavy atom. The number of rotatable bonds is 3. The average molecular weight is 243 g/mol. The Morgan fingerprint density at radius 3 is 2.75 bits per heavy atom. The minimum absolute atomic E-state index is 0.0375. The summed E-state index contributed by atoms with van der Waals surface area (Å²) in [4.78, 5) is 27.3. The smallest absolute Gasteiger partial charge is 0.257 e. The number of hydrogen-bond donors (Lipinski definition) is 2. The Hall–Kier alpha value is -1.82. The molecule has 86 valence electrons. The maximum Gasteiger partial charge on any atom is 0.257 e. The Balaban J connectivity index is 2.95. The van der Waals surface area contributed by atoms with Crippen LogP contribution in [0.2, 0.25) is 5.15 Å². The lowest BCUT2D eigenvalue weighted by Gasteiger charge is -2.15. The maximum atomic E-state index is 11.8. The number of carbonyl (C=O) groups excluding carboxylic acids is 2. The van der Waals surface area contributed by atoms with Gasteiger partial charge in [-0.1, -0.05) is 11.6 Å². The van der Waals surface area contributed by atoms with E-state index in [1.54, 1.807) is 0 Å². The zero-order valence-corrected chi connectivity index (χ0v) is 9.36. The molecule has 0 radical (unpaired) electrons. The molecule has 0 saturated heterocycles. The zero-order chi connectivity index (χ0) is 12.3. The molecule has 0 bridgehead atoms. The van der Waals surface area contributed by atoms with Crippen LogP contribution in [0, 0.1) is 0 Å². The predicted octanol–water partition coefficient (Wildman–Crippen LogP) is -0.126. The number of primary amides is 1. The first-order valence-corrected chi connectivity index (χ1v) is 4.74. The van der Waals surface area contributed by atoms with E-state index in [1.165, 1.54) is 19.3 Å². The first-order valence-electron chi connectivity index (χ1n) is 4.36. The van der Waals surface area contributed by atoms with Crippen molar-refractivity contribution in [1.29, 1.82) is 0 Å². The molecule has 0 aromatic carbocycles. The van der Waals surface area contributed by atoms with Gasteiger partial charge in [-0.05, 0) is 6.07 Å². The molecule has 0 aliphatic heterocycles. The number of anilines is 1. The van der Waals surface area contributed by atoms with Crippen molar-refractivity contribution in [3.63, 3.8) is 0 Å². The molecule has 0 fully saturated rings. The molecular formula is C9H11ClN4O2. The zero-order valence-electron chi connectivity index (χ0n) is 8.61. The van der Waals surface area contributed by atoms with Gasteiger partial charge in [-0.2, -0.15) is 0 Å². The van der Waals surface area contributed by atoms with Gasteiger partial charge in [-0.3, -0.25) is 9.59 Å². The fraction of sp³-hybridized carbons (Fsp3) is 0.222. The molecule has 0 unspecified atom stereocenters. The van der Waals surface area contributed by atoms with Gasteiger partial charge >= 0.3 is 0 Å². The highest BCUT2D eigenvalue weighted by molar-refractivity contribution is 6.32. The van der Waals surface area contributed by atoms with E-state index in [-0.39, 0.29) is 17.3 Å². The average Bonchev–Trinajstić information content (AvgIpc) is 2.19. The third kappa shape index (κ3) is 2.83. The molecule has 2 amide bonds. The van der Waals surface area contributed by atoms with E-state index in [9.17, 15) is 9.59 Å². The quantitative estimate of drug-likeness (QED) is 0.721. The van der Waals surface area contributed by atoms with Gasteiger partial charge in [0.05, 0.1) is 24.0 Å². The molecule has 4 N–H and O–H groups in total. The summed E-state index contributed by atoms with van der Waals surface area (Å²) in [5.41, 5.74) is 10.9. The summed E-state index contributed by atoms with van der Waals surface area (Å²) >= 11 is 5.74. The molecular weight excluding hydrogens is 232 g/mol. The van der Waals surface area contributed by atoms with Crippen molar-refractivity contribution in [1.82, 2.24) is 9.88 Å². The summed E-state index contributed by atoms with van der Waals surface area (Å²) in [7, 11) is 1.44. The minimum Gasteiger partial charge on any atom is -0.397 e. The fourth-order valence-electron chi connectivity index (χ4n) is 1.13.